The van der Waals surface area contributed by atoms with Crippen molar-refractivity contribution in [1.82, 2.24) is 0 Å². The van der Waals surface area contributed by atoms with Crippen LogP contribution in [0.25, 0.3) is 0 Å². The standard InChI is InChI=1S/C10H13Cl/c11-10-8-2-1-3-9(10)7-5-4-6(7)8/h1-2,6-10H,3-5H2. The lowest BCUT2D eigenvalue weighted by atomic mass is 9.71. The molecule has 0 heterocycles. The highest BCUT2D eigenvalue weighted by Crippen LogP contribution is 2.58. The summed E-state index contributed by atoms with van der Waals surface area (Å²) < 4.78 is 0. The lowest BCUT2D eigenvalue weighted by Gasteiger charge is -2.34. The van der Waals surface area contributed by atoms with E-state index in [0.717, 1.165) is 23.7 Å². The van der Waals surface area contributed by atoms with E-state index in [9.17, 15) is 0 Å². The second kappa shape index (κ2) is 2.04. The fourth-order valence-corrected chi connectivity index (χ4v) is 3.83. The van der Waals surface area contributed by atoms with Crippen LogP contribution in [0.2, 0.25) is 0 Å². The molecule has 0 radical (unpaired) electrons. The molecule has 0 aliphatic heterocycles. The van der Waals surface area contributed by atoms with E-state index in [1.807, 2.05) is 0 Å². The van der Waals surface area contributed by atoms with E-state index in [0.29, 0.717) is 5.38 Å². The van der Waals surface area contributed by atoms with Gasteiger partial charge in [0.05, 0.1) is 0 Å². The van der Waals surface area contributed by atoms with Crippen LogP contribution >= 0.6 is 11.6 Å². The van der Waals surface area contributed by atoms with Crippen LogP contribution < -0.4 is 0 Å². The summed E-state index contributed by atoms with van der Waals surface area (Å²) >= 11 is 6.36. The molecule has 0 saturated heterocycles. The van der Waals surface area contributed by atoms with E-state index in [1.54, 1.807) is 0 Å². The molecule has 60 valence electrons. The average molecular weight is 169 g/mol. The minimum atomic E-state index is 0.484. The number of fused-ring (bicyclic) bond motifs is 5. The molecule has 3 aliphatic carbocycles. The van der Waals surface area contributed by atoms with Crippen molar-refractivity contribution in [2.75, 3.05) is 0 Å². The first-order valence-corrected chi connectivity index (χ1v) is 5.12. The smallest absolute Gasteiger partial charge is 0.0435 e. The summed E-state index contributed by atoms with van der Waals surface area (Å²) in [6, 6.07) is 0. The molecule has 5 unspecified atom stereocenters. The van der Waals surface area contributed by atoms with Crippen molar-refractivity contribution in [3.05, 3.63) is 12.2 Å². The van der Waals surface area contributed by atoms with Gasteiger partial charge in [-0.3, -0.25) is 0 Å². The summed E-state index contributed by atoms with van der Waals surface area (Å²) in [5.74, 6) is 3.55. The third-order valence-electron chi connectivity index (χ3n) is 3.97. The highest BCUT2D eigenvalue weighted by Gasteiger charge is 2.53. The minimum Gasteiger partial charge on any atom is -0.122 e. The highest BCUT2D eigenvalue weighted by atomic mass is 35.5. The summed E-state index contributed by atoms with van der Waals surface area (Å²) in [6.07, 6.45) is 8.88. The zero-order chi connectivity index (χ0) is 7.42. The number of hydrogen-bond donors (Lipinski definition) is 0. The SMILES string of the molecule is ClC1C2C=CCC1C1CCC21. The van der Waals surface area contributed by atoms with Crippen LogP contribution in [0.15, 0.2) is 12.2 Å². The number of halogens is 1. The Bertz CT molecular complexity index is 207. The lowest BCUT2D eigenvalue weighted by molar-refractivity contribution is 0.161. The molecule has 5 atom stereocenters. The van der Waals surface area contributed by atoms with Gasteiger partial charge in [-0.25, -0.2) is 0 Å². The first-order valence-electron chi connectivity index (χ1n) is 4.68. The van der Waals surface area contributed by atoms with Crippen molar-refractivity contribution in [2.24, 2.45) is 23.7 Å². The van der Waals surface area contributed by atoms with Crippen LogP contribution in [0, 0.1) is 23.7 Å². The molecule has 11 heavy (non-hydrogen) atoms. The Kier molecular flexibility index (Phi) is 1.21. The van der Waals surface area contributed by atoms with Crippen LogP contribution in [0.1, 0.15) is 19.3 Å². The summed E-state index contributed by atoms with van der Waals surface area (Å²) in [5, 5.41) is 0.484. The Morgan fingerprint density at radius 2 is 1.91 bits per heavy atom. The van der Waals surface area contributed by atoms with E-state index in [-0.39, 0.29) is 0 Å². The van der Waals surface area contributed by atoms with Gasteiger partial charge in [-0.1, -0.05) is 12.2 Å². The first kappa shape index (κ1) is 6.54. The van der Waals surface area contributed by atoms with Gasteiger partial charge in [0.25, 0.3) is 0 Å². The van der Waals surface area contributed by atoms with Gasteiger partial charge < -0.3 is 0 Å². The summed E-state index contributed by atoms with van der Waals surface area (Å²) in [6.45, 7) is 0. The molecule has 0 aromatic heterocycles. The van der Waals surface area contributed by atoms with E-state index in [1.165, 1.54) is 19.3 Å². The van der Waals surface area contributed by atoms with Gasteiger partial charge in [0.1, 0.15) is 0 Å². The van der Waals surface area contributed by atoms with Gasteiger partial charge in [-0.05, 0) is 42.9 Å². The zero-order valence-corrected chi connectivity index (χ0v) is 7.30. The van der Waals surface area contributed by atoms with E-state index < -0.39 is 0 Å². The van der Waals surface area contributed by atoms with Crippen molar-refractivity contribution in [2.45, 2.75) is 24.6 Å². The van der Waals surface area contributed by atoms with Gasteiger partial charge in [0.15, 0.2) is 0 Å². The molecule has 1 heteroatoms. The minimum absolute atomic E-state index is 0.484. The number of allylic oxidation sites excluding steroid dienone is 2. The third kappa shape index (κ3) is 0.672. The Morgan fingerprint density at radius 3 is 2.55 bits per heavy atom. The maximum Gasteiger partial charge on any atom is 0.0435 e. The lowest BCUT2D eigenvalue weighted by Crippen LogP contribution is -2.26. The van der Waals surface area contributed by atoms with Gasteiger partial charge in [-0.2, -0.15) is 0 Å². The number of rotatable bonds is 0. The maximum absolute atomic E-state index is 6.36. The molecule has 2 saturated carbocycles. The van der Waals surface area contributed by atoms with E-state index in [2.05, 4.69) is 12.2 Å². The van der Waals surface area contributed by atoms with E-state index in [4.69, 9.17) is 11.6 Å². The molecule has 0 aromatic rings. The Labute approximate surface area is 72.6 Å². The van der Waals surface area contributed by atoms with Gasteiger partial charge >= 0.3 is 0 Å². The molecule has 2 fully saturated rings. The van der Waals surface area contributed by atoms with E-state index >= 15 is 0 Å². The van der Waals surface area contributed by atoms with Crippen LogP contribution in [0.4, 0.5) is 0 Å². The van der Waals surface area contributed by atoms with Crippen molar-refractivity contribution in [1.29, 1.82) is 0 Å². The van der Waals surface area contributed by atoms with Crippen LogP contribution in [-0.2, 0) is 0 Å². The molecule has 0 nitrogen and oxygen atoms in total. The normalized spacial score (nSPS) is 58.8. The van der Waals surface area contributed by atoms with Crippen molar-refractivity contribution in [3.63, 3.8) is 0 Å². The Balaban J connectivity index is 1.99. The topological polar surface area (TPSA) is 0 Å². The van der Waals surface area contributed by atoms with Crippen LogP contribution in [-0.4, -0.2) is 5.38 Å². The first-order chi connectivity index (χ1) is 5.38. The molecule has 3 rings (SSSR count). The molecular formula is C10H13Cl. The predicted octanol–water partition coefficient (Wildman–Crippen LogP) is 2.83. The van der Waals surface area contributed by atoms with Crippen LogP contribution in [0.5, 0.6) is 0 Å². The predicted molar refractivity (Wildman–Crippen MR) is 46.6 cm³/mol. The van der Waals surface area contributed by atoms with Gasteiger partial charge in [-0.15, -0.1) is 11.6 Å². The number of hydrogen-bond acceptors (Lipinski definition) is 0. The molecule has 0 amide bonds. The maximum atomic E-state index is 6.36. The number of alkyl halides is 1. The quantitative estimate of drug-likeness (QED) is 0.386. The Morgan fingerprint density at radius 1 is 1.09 bits per heavy atom. The van der Waals surface area contributed by atoms with Crippen molar-refractivity contribution < 1.29 is 0 Å². The van der Waals surface area contributed by atoms with Gasteiger partial charge in [0.2, 0.25) is 0 Å². The Hall–Kier alpha value is 0.0300. The van der Waals surface area contributed by atoms with Crippen molar-refractivity contribution in [3.8, 4) is 0 Å². The fraction of sp³-hybridized carbons (Fsp3) is 0.800. The fourth-order valence-electron chi connectivity index (χ4n) is 3.27. The monoisotopic (exact) mass is 168 g/mol. The molecule has 0 spiro atoms. The molecule has 0 N–H and O–H groups in total. The molecular weight excluding hydrogens is 156 g/mol. The average Bonchev–Trinajstić information content (AvgIpc) is 2.09. The largest absolute Gasteiger partial charge is 0.122 e. The summed E-state index contributed by atoms with van der Waals surface area (Å²) in [5.41, 5.74) is 0. The molecule has 0 aromatic carbocycles. The summed E-state index contributed by atoms with van der Waals surface area (Å²) in [4.78, 5) is 0. The second-order valence-corrected chi connectivity index (χ2v) is 4.76. The second-order valence-electron chi connectivity index (χ2n) is 4.25. The van der Waals surface area contributed by atoms with Crippen LogP contribution in [0.3, 0.4) is 0 Å². The zero-order valence-electron chi connectivity index (χ0n) is 6.54. The molecule has 3 aliphatic rings. The molecule has 2 bridgehead atoms. The highest BCUT2D eigenvalue weighted by molar-refractivity contribution is 6.21. The third-order valence-corrected chi connectivity index (χ3v) is 4.59. The van der Waals surface area contributed by atoms with Gasteiger partial charge in [0, 0.05) is 5.38 Å². The van der Waals surface area contributed by atoms with Crippen molar-refractivity contribution >= 4 is 11.6 Å². The summed E-state index contributed by atoms with van der Waals surface area (Å²) in [7, 11) is 0.